The Hall–Kier alpha value is -2.83. The first-order valence-electron chi connectivity index (χ1n) is 9.15. The van der Waals surface area contributed by atoms with Crippen LogP contribution in [0, 0.1) is 6.92 Å². The number of carbonyl (C=O) groups is 1. The van der Waals surface area contributed by atoms with E-state index in [2.05, 4.69) is 20.6 Å². The molecule has 0 unspecified atom stereocenters. The summed E-state index contributed by atoms with van der Waals surface area (Å²) < 4.78 is 5.44. The molecule has 0 atom stereocenters. The lowest BCUT2D eigenvalue weighted by atomic mass is 9.94. The van der Waals surface area contributed by atoms with Gasteiger partial charge in [0.15, 0.2) is 0 Å². The van der Waals surface area contributed by atoms with E-state index < -0.39 is 5.41 Å². The molecular weight excluding hydrogens is 342 g/mol. The van der Waals surface area contributed by atoms with Gasteiger partial charge in [-0.25, -0.2) is 9.97 Å². The van der Waals surface area contributed by atoms with Crippen LogP contribution in [0.3, 0.4) is 0 Å². The van der Waals surface area contributed by atoms with Gasteiger partial charge < -0.3 is 20.3 Å². The van der Waals surface area contributed by atoms with E-state index >= 15 is 0 Å². The molecule has 1 saturated carbocycles. The molecule has 0 bridgehead atoms. The quantitative estimate of drug-likeness (QED) is 0.694. The Labute approximate surface area is 160 Å². The average molecular weight is 369 g/mol. The maximum absolute atomic E-state index is 12.8. The fourth-order valence-corrected chi connectivity index (χ4v) is 3.19. The van der Waals surface area contributed by atoms with E-state index in [1.165, 1.54) is 0 Å². The van der Waals surface area contributed by atoms with Crippen molar-refractivity contribution in [1.82, 2.24) is 15.3 Å². The molecule has 2 aromatic rings. The molecule has 1 aromatic carbocycles. The summed E-state index contributed by atoms with van der Waals surface area (Å²) in [4.78, 5) is 23.5. The van der Waals surface area contributed by atoms with Crippen molar-refractivity contribution < 1.29 is 9.53 Å². The topological polar surface area (TPSA) is 79.4 Å². The van der Waals surface area contributed by atoms with Crippen LogP contribution in [0.5, 0.6) is 5.75 Å². The number of aryl methyl sites for hydroxylation is 1. The monoisotopic (exact) mass is 369 g/mol. The molecule has 1 aliphatic carbocycles. The number of para-hydroxylation sites is 1. The number of rotatable bonds is 8. The van der Waals surface area contributed by atoms with Crippen molar-refractivity contribution in [2.75, 3.05) is 44.5 Å². The highest BCUT2D eigenvalue weighted by Gasteiger charge is 2.52. The summed E-state index contributed by atoms with van der Waals surface area (Å²) in [5, 5.41) is 6.30. The van der Waals surface area contributed by atoms with E-state index in [1.807, 2.05) is 56.3 Å². The van der Waals surface area contributed by atoms with Crippen molar-refractivity contribution in [3.05, 3.63) is 41.7 Å². The van der Waals surface area contributed by atoms with Crippen molar-refractivity contribution in [1.29, 1.82) is 0 Å². The van der Waals surface area contributed by atoms with E-state index in [1.54, 1.807) is 7.11 Å². The third-order valence-electron chi connectivity index (χ3n) is 4.81. The van der Waals surface area contributed by atoms with Crippen LogP contribution in [0.25, 0.3) is 0 Å². The summed E-state index contributed by atoms with van der Waals surface area (Å²) in [6, 6.07) is 9.66. The predicted molar refractivity (Wildman–Crippen MR) is 107 cm³/mol. The summed E-state index contributed by atoms with van der Waals surface area (Å²) in [5.74, 6) is 3.15. The molecule has 1 aliphatic rings. The summed E-state index contributed by atoms with van der Waals surface area (Å²) in [7, 11) is 5.53. The number of nitrogens with zero attached hydrogens (tertiary/aromatic N) is 3. The predicted octanol–water partition coefficient (Wildman–Crippen LogP) is 2.12. The van der Waals surface area contributed by atoms with Gasteiger partial charge in [-0.15, -0.1) is 0 Å². The van der Waals surface area contributed by atoms with E-state index in [0.29, 0.717) is 18.9 Å². The minimum Gasteiger partial charge on any atom is -0.496 e. The number of hydrogen-bond acceptors (Lipinski definition) is 6. The lowest BCUT2D eigenvalue weighted by Crippen LogP contribution is -2.37. The van der Waals surface area contributed by atoms with Gasteiger partial charge in [0.25, 0.3) is 0 Å². The molecule has 2 N–H and O–H groups in total. The molecule has 1 aromatic heterocycles. The molecule has 7 nitrogen and oxygen atoms in total. The molecule has 1 heterocycles. The van der Waals surface area contributed by atoms with Gasteiger partial charge in [0.05, 0.1) is 12.5 Å². The lowest BCUT2D eigenvalue weighted by molar-refractivity contribution is -0.123. The van der Waals surface area contributed by atoms with Gasteiger partial charge in [0, 0.05) is 38.8 Å². The van der Waals surface area contributed by atoms with Crippen LogP contribution in [0.4, 0.5) is 11.6 Å². The first-order valence-corrected chi connectivity index (χ1v) is 9.15. The second-order valence-electron chi connectivity index (χ2n) is 7.02. The number of nitrogens with one attached hydrogen (secondary N) is 2. The fraction of sp³-hybridized carbons (Fsp3) is 0.450. The lowest BCUT2D eigenvalue weighted by Gasteiger charge is -2.19. The van der Waals surface area contributed by atoms with Crippen LogP contribution < -0.4 is 20.3 Å². The molecular formula is C20H27N5O2. The minimum atomic E-state index is -0.448. The number of carbonyl (C=O) groups excluding carboxylic acids is 1. The standard InChI is InChI=1S/C20H27N5O2/c1-14-23-17(13-18(24-14)25(2)3)21-11-12-22-19(26)20(9-10-20)15-7-5-6-8-16(15)27-4/h5-8,13H,9-12H2,1-4H3,(H,22,26)(H,21,23,24). The zero-order chi connectivity index (χ0) is 19.4. The van der Waals surface area contributed by atoms with Crippen molar-refractivity contribution in [2.45, 2.75) is 25.2 Å². The zero-order valence-electron chi connectivity index (χ0n) is 16.4. The third kappa shape index (κ3) is 4.13. The minimum absolute atomic E-state index is 0.0571. The fourth-order valence-electron chi connectivity index (χ4n) is 3.19. The second kappa shape index (κ2) is 7.82. The molecule has 144 valence electrons. The average Bonchev–Trinajstić information content (AvgIpc) is 3.46. The summed E-state index contributed by atoms with van der Waals surface area (Å²) >= 11 is 0. The van der Waals surface area contributed by atoms with Crippen molar-refractivity contribution in [3.63, 3.8) is 0 Å². The van der Waals surface area contributed by atoms with E-state index in [0.717, 1.165) is 35.8 Å². The van der Waals surface area contributed by atoms with E-state index in [9.17, 15) is 4.79 Å². The molecule has 1 fully saturated rings. The number of benzene rings is 1. The summed E-state index contributed by atoms with van der Waals surface area (Å²) in [6.45, 7) is 2.98. The number of aromatic nitrogens is 2. The van der Waals surface area contributed by atoms with Gasteiger partial charge in [0.1, 0.15) is 23.2 Å². The molecule has 1 amide bonds. The number of ether oxygens (including phenoxy) is 1. The Bertz CT molecular complexity index is 818. The van der Waals surface area contributed by atoms with Crippen LogP contribution in [0.1, 0.15) is 24.2 Å². The molecule has 27 heavy (non-hydrogen) atoms. The third-order valence-corrected chi connectivity index (χ3v) is 4.81. The van der Waals surface area contributed by atoms with Crippen LogP contribution in [-0.4, -0.2) is 50.2 Å². The SMILES string of the molecule is COc1ccccc1C1(C(=O)NCCNc2cc(N(C)C)nc(C)n2)CC1. The molecule has 0 aliphatic heterocycles. The van der Waals surface area contributed by atoms with Crippen molar-refractivity contribution in [2.24, 2.45) is 0 Å². The number of hydrogen-bond donors (Lipinski definition) is 2. The number of methoxy groups -OCH3 is 1. The maximum Gasteiger partial charge on any atom is 0.230 e. The Morgan fingerprint density at radius 2 is 1.96 bits per heavy atom. The van der Waals surface area contributed by atoms with Crippen LogP contribution in [0.2, 0.25) is 0 Å². The van der Waals surface area contributed by atoms with Crippen LogP contribution in [-0.2, 0) is 10.2 Å². The van der Waals surface area contributed by atoms with E-state index in [-0.39, 0.29) is 5.91 Å². The Kier molecular flexibility index (Phi) is 5.48. The normalized spacial score (nSPS) is 14.4. The van der Waals surface area contributed by atoms with Crippen molar-refractivity contribution in [3.8, 4) is 5.75 Å². The molecule has 3 rings (SSSR count). The van der Waals surface area contributed by atoms with E-state index in [4.69, 9.17) is 4.74 Å². The van der Waals surface area contributed by atoms with Gasteiger partial charge >= 0.3 is 0 Å². The first-order chi connectivity index (χ1) is 13.0. The highest BCUT2D eigenvalue weighted by Crippen LogP contribution is 2.51. The Balaban J connectivity index is 1.56. The van der Waals surface area contributed by atoms with Gasteiger partial charge in [-0.2, -0.15) is 0 Å². The van der Waals surface area contributed by atoms with Gasteiger partial charge in [0.2, 0.25) is 5.91 Å². The van der Waals surface area contributed by atoms with Gasteiger partial charge in [-0.3, -0.25) is 4.79 Å². The van der Waals surface area contributed by atoms with Gasteiger partial charge in [-0.1, -0.05) is 18.2 Å². The molecule has 7 heteroatoms. The molecule has 0 saturated heterocycles. The summed E-state index contributed by atoms with van der Waals surface area (Å²) in [5.41, 5.74) is 0.524. The second-order valence-corrected chi connectivity index (χ2v) is 7.02. The maximum atomic E-state index is 12.8. The number of anilines is 2. The molecule has 0 radical (unpaired) electrons. The van der Waals surface area contributed by atoms with Crippen molar-refractivity contribution >= 4 is 17.5 Å². The smallest absolute Gasteiger partial charge is 0.230 e. The van der Waals surface area contributed by atoms with Crippen LogP contribution >= 0.6 is 0 Å². The zero-order valence-corrected chi connectivity index (χ0v) is 16.4. The molecule has 0 spiro atoms. The van der Waals surface area contributed by atoms with Crippen LogP contribution in [0.15, 0.2) is 30.3 Å². The Morgan fingerprint density at radius 1 is 1.22 bits per heavy atom. The first kappa shape index (κ1) is 18.9. The summed E-state index contributed by atoms with van der Waals surface area (Å²) in [6.07, 6.45) is 1.70. The Morgan fingerprint density at radius 3 is 2.63 bits per heavy atom. The largest absolute Gasteiger partial charge is 0.496 e. The van der Waals surface area contributed by atoms with Gasteiger partial charge in [-0.05, 0) is 25.8 Å². The highest BCUT2D eigenvalue weighted by molar-refractivity contribution is 5.92. The number of amides is 1. The highest BCUT2D eigenvalue weighted by atomic mass is 16.5.